The first kappa shape index (κ1) is 25.1. The molecule has 1 fully saturated rings. The van der Waals surface area contributed by atoms with E-state index in [1.165, 1.54) is 6.07 Å². The molecule has 8 nitrogen and oxygen atoms in total. The van der Waals surface area contributed by atoms with Crippen LogP contribution in [0.3, 0.4) is 0 Å². The summed E-state index contributed by atoms with van der Waals surface area (Å²) in [5.74, 6) is -1.26. The zero-order chi connectivity index (χ0) is 24.4. The molecule has 2 aromatic rings. The zero-order valence-corrected chi connectivity index (χ0v) is 20.0. The number of halogens is 2. The maximum absolute atomic E-state index is 13.8. The number of benzene rings is 1. The Labute approximate surface area is 192 Å². The molecule has 0 saturated carbocycles. The summed E-state index contributed by atoms with van der Waals surface area (Å²) in [6.45, 7) is 6.52. The number of aromatic nitrogens is 2. The molecule has 33 heavy (non-hydrogen) atoms. The van der Waals surface area contributed by atoms with Gasteiger partial charge in [-0.05, 0) is 51.8 Å². The van der Waals surface area contributed by atoms with Crippen LogP contribution < -0.4 is 0 Å². The minimum Gasteiger partial charge on any atom is -0.444 e. The lowest BCUT2D eigenvalue weighted by atomic mass is 9.96. The SMILES string of the molecule is CC(C)(C)OC(=O)N1CCC(c2nc(-c3ccc(F)c(F)c3)cn2CCOS(C)(=O)=O)CC1. The average molecular weight is 486 g/mol. The van der Waals surface area contributed by atoms with Crippen LogP contribution in [-0.4, -0.2) is 60.5 Å². The molecule has 1 aliphatic rings. The predicted octanol–water partition coefficient (Wildman–Crippen LogP) is 3.92. The molecule has 1 aromatic heterocycles. The van der Waals surface area contributed by atoms with E-state index in [1.807, 2.05) is 20.8 Å². The Bertz CT molecular complexity index is 1100. The second-order valence-corrected chi connectivity index (χ2v) is 10.7. The van der Waals surface area contributed by atoms with Gasteiger partial charge in [-0.1, -0.05) is 0 Å². The molecule has 3 rings (SSSR count). The van der Waals surface area contributed by atoms with Crippen molar-refractivity contribution in [1.82, 2.24) is 14.5 Å². The van der Waals surface area contributed by atoms with E-state index in [-0.39, 0.29) is 25.2 Å². The van der Waals surface area contributed by atoms with Gasteiger partial charge in [0.2, 0.25) is 0 Å². The summed E-state index contributed by atoms with van der Waals surface area (Å²) in [5, 5.41) is 0. The highest BCUT2D eigenvalue weighted by atomic mass is 32.2. The number of hydrogen-bond acceptors (Lipinski definition) is 6. The first-order valence-electron chi connectivity index (χ1n) is 10.7. The number of rotatable bonds is 6. The summed E-state index contributed by atoms with van der Waals surface area (Å²) in [6.07, 6.45) is 3.53. The summed E-state index contributed by atoms with van der Waals surface area (Å²) in [5.41, 5.74) is 0.269. The Hall–Kier alpha value is -2.53. The van der Waals surface area contributed by atoms with Crippen molar-refractivity contribution in [3.63, 3.8) is 0 Å². The van der Waals surface area contributed by atoms with Crippen LogP contribution in [0.1, 0.15) is 45.4 Å². The van der Waals surface area contributed by atoms with Crippen LogP contribution in [0.25, 0.3) is 11.3 Å². The molecule has 0 unspecified atom stereocenters. The molecule has 0 atom stereocenters. The molecule has 0 N–H and O–H groups in total. The van der Waals surface area contributed by atoms with Crippen molar-refractivity contribution in [2.24, 2.45) is 0 Å². The van der Waals surface area contributed by atoms with Gasteiger partial charge in [0, 0.05) is 37.3 Å². The second kappa shape index (κ2) is 9.76. The average Bonchev–Trinajstić information content (AvgIpc) is 3.12. The van der Waals surface area contributed by atoms with Gasteiger partial charge >= 0.3 is 6.09 Å². The Balaban J connectivity index is 1.79. The molecule has 11 heteroatoms. The number of piperidine rings is 1. The van der Waals surface area contributed by atoms with Crippen LogP contribution in [0, 0.1) is 11.6 Å². The Morgan fingerprint density at radius 3 is 2.42 bits per heavy atom. The topological polar surface area (TPSA) is 90.7 Å². The third-order valence-corrected chi connectivity index (χ3v) is 5.76. The fourth-order valence-electron chi connectivity index (χ4n) is 3.66. The normalized spacial score (nSPS) is 15.6. The molecule has 0 radical (unpaired) electrons. The molecule has 0 aliphatic carbocycles. The summed E-state index contributed by atoms with van der Waals surface area (Å²) in [4.78, 5) is 18.7. The number of carbonyl (C=O) groups excluding carboxylic acids is 1. The smallest absolute Gasteiger partial charge is 0.410 e. The number of nitrogens with zero attached hydrogens (tertiary/aromatic N) is 3. The van der Waals surface area contributed by atoms with E-state index < -0.39 is 27.4 Å². The summed E-state index contributed by atoms with van der Waals surface area (Å²) in [6, 6.07) is 3.55. The zero-order valence-electron chi connectivity index (χ0n) is 19.2. The van der Waals surface area contributed by atoms with E-state index in [9.17, 15) is 22.0 Å². The number of carbonyl (C=O) groups is 1. The lowest BCUT2D eigenvalue weighted by molar-refractivity contribution is 0.0202. The van der Waals surface area contributed by atoms with Crippen molar-refractivity contribution in [3.8, 4) is 11.3 Å². The third kappa shape index (κ3) is 6.97. The van der Waals surface area contributed by atoms with Crippen molar-refractivity contribution < 1.29 is 30.9 Å². The molecule has 1 aromatic carbocycles. The Morgan fingerprint density at radius 1 is 1.18 bits per heavy atom. The summed E-state index contributed by atoms with van der Waals surface area (Å²) in [7, 11) is -3.60. The number of ether oxygens (including phenoxy) is 1. The van der Waals surface area contributed by atoms with Crippen molar-refractivity contribution in [2.75, 3.05) is 26.0 Å². The van der Waals surface area contributed by atoms with Crippen LogP contribution in [0.5, 0.6) is 0 Å². The minimum atomic E-state index is -3.60. The van der Waals surface area contributed by atoms with E-state index in [1.54, 1.807) is 15.7 Å². The Kier molecular flexibility index (Phi) is 7.42. The molecule has 0 bridgehead atoms. The number of amides is 1. The van der Waals surface area contributed by atoms with Gasteiger partial charge < -0.3 is 14.2 Å². The maximum atomic E-state index is 13.8. The van der Waals surface area contributed by atoms with Crippen LogP contribution in [0.15, 0.2) is 24.4 Å². The molecule has 1 saturated heterocycles. The van der Waals surface area contributed by atoms with E-state index >= 15 is 0 Å². The van der Waals surface area contributed by atoms with Crippen molar-refractivity contribution in [1.29, 1.82) is 0 Å². The monoisotopic (exact) mass is 485 g/mol. The molecule has 1 aliphatic heterocycles. The van der Waals surface area contributed by atoms with Crippen LogP contribution in [-0.2, 0) is 25.6 Å². The predicted molar refractivity (Wildman–Crippen MR) is 118 cm³/mol. The fraction of sp³-hybridized carbons (Fsp3) is 0.545. The molecular formula is C22H29F2N3O5S. The molecule has 182 valence electrons. The van der Waals surface area contributed by atoms with Gasteiger partial charge in [-0.25, -0.2) is 18.6 Å². The molecule has 0 spiro atoms. The van der Waals surface area contributed by atoms with Gasteiger partial charge in [0.05, 0.1) is 18.6 Å². The van der Waals surface area contributed by atoms with Gasteiger partial charge in [0.25, 0.3) is 10.1 Å². The highest BCUT2D eigenvalue weighted by Gasteiger charge is 2.30. The highest BCUT2D eigenvalue weighted by molar-refractivity contribution is 7.85. The van der Waals surface area contributed by atoms with Gasteiger partial charge in [-0.2, -0.15) is 8.42 Å². The van der Waals surface area contributed by atoms with Gasteiger partial charge in [0.1, 0.15) is 11.4 Å². The maximum Gasteiger partial charge on any atom is 0.410 e. The van der Waals surface area contributed by atoms with E-state index in [4.69, 9.17) is 8.92 Å². The largest absolute Gasteiger partial charge is 0.444 e. The first-order chi connectivity index (χ1) is 15.3. The number of likely N-dealkylation sites (tertiary alicyclic amines) is 1. The van der Waals surface area contributed by atoms with E-state index in [0.29, 0.717) is 43.0 Å². The Morgan fingerprint density at radius 2 is 1.85 bits per heavy atom. The lowest BCUT2D eigenvalue weighted by Gasteiger charge is -2.33. The van der Waals surface area contributed by atoms with E-state index in [2.05, 4.69) is 4.98 Å². The highest BCUT2D eigenvalue weighted by Crippen LogP contribution is 2.31. The fourth-order valence-corrected chi connectivity index (χ4v) is 4.04. The molecule has 2 heterocycles. The molecule has 1 amide bonds. The summed E-state index contributed by atoms with van der Waals surface area (Å²) < 4.78 is 61.8. The standard InChI is InChI=1S/C22H29F2N3O5S/c1-22(2,3)32-21(28)26-9-7-15(8-10-26)20-25-19(16-5-6-17(23)18(24)13-16)14-27(20)11-12-31-33(4,29)30/h5-6,13-15H,7-12H2,1-4H3. The van der Waals surface area contributed by atoms with Crippen LogP contribution >= 0.6 is 0 Å². The van der Waals surface area contributed by atoms with Crippen LogP contribution in [0.2, 0.25) is 0 Å². The van der Waals surface area contributed by atoms with Gasteiger partial charge in [-0.3, -0.25) is 4.18 Å². The van der Waals surface area contributed by atoms with Crippen molar-refractivity contribution in [3.05, 3.63) is 41.9 Å². The quantitative estimate of drug-likeness (QED) is 0.576. The second-order valence-electron chi connectivity index (χ2n) is 9.07. The lowest BCUT2D eigenvalue weighted by Crippen LogP contribution is -2.41. The van der Waals surface area contributed by atoms with Gasteiger partial charge in [0.15, 0.2) is 11.6 Å². The van der Waals surface area contributed by atoms with Crippen molar-refractivity contribution >= 4 is 16.2 Å². The van der Waals surface area contributed by atoms with Crippen molar-refractivity contribution in [2.45, 2.75) is 51.7 Å². The minimum absolute atomic E-state index is 0.0130. The number of imidazole rings is 1. The van der Waals surface area contributed by atoms with Crippen LogP contribution in [0.4, 0.5) is 13.6 Å². The van der Waals surface area contributed by atoms with E-state index in [0.717, 1.165) is 18.4 Å². The third-order valence-electron chi connectivity index (χ3n) is 5.16. The first-order valence-corrected chi connectivity index (χ1v) is 12.5. The number of hydrogen-bond donors (Lipinski definition) is 0. The van der Waals surface area contributed by atoms with Gasteiger partial charge in [-0.15, -0.1) is 0 Å². The molecular weight excluding hydrogens is 456 g/mol. The summed E-state index contributed by atoms with van der Waals surface area (Å²) >= 11 is 0.